The first-order valence-electron chi connectivity index (χ1n) is 6.84. The summed E-state index contributed by atoms with van der Waals surface area (Å²) in [4.78, 5) is 0. The summed E-state index contributed by atoms with van der Waals surface area (Å²) in [7, 11) is -3.19. The van der Waals surface area contributed by atoms with Crippen molar-refractivity contribution >= 4 is 21.8 Å². The third-order valence-electron chi connectivity index (χ3n) is 3.36. The summed E-state index contributed by atoms with van der Waals surface area (Å²) in [6.07, 6.45) is 3.24. The zero-order chi connectivity index (χ0) is 13.6. The van der Waals surface area contributed by atoms with Gasteiger partial charge in [0.05, 0.1) is 5.25 Å². The molecule has 0 saturated heterocycles. The van der Waals surface area contributed by atoms with Crippen molar-refractivity contribution < 1.29 is 8.42 Å². The molecule has 0 aromatic rings. The minimum absolute atomic E-state index is 0.129. The van der Waals surface area contributed by atoms with Gasteiger partial charge in [0.1, 0.15) is 0 Å². The highest BCUT2D eigenvalue weighted by Gasteiger charge is 2.32. The highest BCUT2D eigenvalue weighted by atomic mass is 32.2. The molecule has 3 atom stereocenters. The molecule has 18 heavy (non-hydrogen) atoms. The van der Waals surface area contributed by atoms with Crippen molar-refractivity contribution in [2.45, 2.75) is 56.6 Å². The molecule has 1 rings (SSSR count). The smallest absolute Gasteiger partial charge is 0.215 e. The lowest BCUT2D eigenvalue weighted by atomic mass is 10.3. The van der Waals surface area contributed by atoms with Gasteiger partial charge in [-0.2, -0.15) is 11.8 Å². The molecule has 4 nitrogen and oxygen atoms in total. The minimum atomic E-state index is -3.19. The van der Waals surface area contributed by atoms with Crippen molar-refractivity contribution in [2.75, 3.05) is 18.8 Å². The Kier molecular flexibility index (Phi) is 6.98. The van der Waals surface area contributed by atoms with Crippen LogP contribution in [0.4, 0.5) is 0 Å². The van der Waals surface area contributed by atoms with Gasteiger partial charge in [-0.1, -0.05) is 20.3 Å². The van der Waals surface area contributed by atoms with E-state index < -0.39 is 10.0 Å². The van der Waals surface area contributed by atoms with Crippen LogP contribution in [-0.2, 0) is 10.0 Å². The third kappa shape index (κ3) is 4.72. The molecule has 0 aromatic carbocycles. The van der Waals surface area contributed by atoms with Crippen LogP contribution in [0.15, 0.2) is 0 Å². The number of hydrogen-bond acceptors (Lipinski definition) is 4. The van der Waals surface area contributed by atoms with Crippen LogP contribution in [0.1, 0.15) is 40.0 Å². The first-order valence-corrected chi connectivity index (χ1v) is 9.44. The molecule has 1 saturated carbocycles. The summed E-state index contributed by atoms with van der Waals surface area (Å²) in [6.45, 7) is 7.20. The van der Waals surface area contributed by atoms with Crippen LogP contribution in [-0.4, -0.2) is 43.8 Å². The van der Waals surface area contributed by atoms with Crippen LogP contribution in [0.3, 0.4) is 0 Å². The molecule has 0 amide bonds. The third-order valence-corrected chi connectivity index (χ3v) is 6.54. The van der Waals surface area contributed by atoms with Crippen molar-refractivity contribution in [2.24, 2.45) is 0 Å². The zero-order valence-corrected chi connectivity index (χ0v) is 13.2. The van der Waals surface area contributed by atoms with E-state index in [0.29, 0.717) is 11.8 Å². The zero-order valence-electron chi connectivity index (χ0n) is 11.6. The highest BCUT2D eigenvalue weighted by molar-refractivity contribution is 8.00. The molecule has 0 radical (unpaired) electrons. The summed E-state index contributed by atoms with van der Waals surface area (Å²) in [5.41, 5.74) is 0. The number of rotatable bonds is 8. The predicted octanol–water partition coefficient (Wildman–Crippen LogP) is 1.58. The Bertz CT molecular complexity index is 333. The lowest BCUT2D eigenvalue weighted by molar-refractivity contribution is 0.537. The molecular formula is C12H26N2O2S2. The van der Waals surface area contributed by atoms with Gasteiger partial charge in [-0.3, -0.25) is 0 Å². The first kappa shape index (κ1) is 16.3. The van der Waals surface area contributed by atoms with Crippen LogP contribution in [0.5, 0.6) is 0 Å². The summed E-state index contributed by atoms with van der Waals surface area (Å²) >= 11 is 1.87. The van der Waals surface area contributed by atoms with Crippen LogP contribution < -0.4 is 10.0 Å². The number of nitrogens with one attached hydrogen (secondary N) is 2. The first-order chi connectivity index (χ1) is 8.51. The Morgan fingerprint density at radius 3 is 2.67 bits per heavy atom. The standard InChI is InChI=1S/C12H26N2O2S2/c1-4-13-9-10(3)18(15,16)14-11-7-6-8-12(11)17-5-2/h10-14H,4-9H2,1-3H3. The quantitative estimate of drug-likeness (QED) is 0.713. The highest BCUT2D eigenvalue weighted by Crippen LogP contribution is 2.30. The minimum Gasteiger partial charge on any atom is -0.316 e. The van der Waals surface area contributed by atoms with Gasteiger partial charge in [-0.15, -0.1) is 0 Å². The van der Waals surface area contributed by atoms with E-state index in [0.717, 1.165) is 31.6 Å². The van der Waals surface area contributed by atoms with Gasteiger partial charge >= 0.3 is 0 Å². The normalized spacial score (nSPS) is 26.4. The summed E-state index contributed by atoms with van der Waals surface area (Å²) in [6, 6.07) is 0.129. The lowest BCUT2D eigenvalue weighted by Crippen LogP contribution is -2.45. The fourth-order valence-electron chi connectivity index (χ4n) is 2.26. The van der Waals surface area contributed by atoms with Gasteiger partial charge in [0, 0.05) is 17.8 Å². The molecule has 0 aliphatic heterocycles. The lowest BCUT2D eigenvalue weighted by Gasteiger charge is -2.22. The number of thioether (sulfide) groups is 1. The largest absolute Gasteiger partial charge is 0.316 e. The van der Waals surface area contributed by atoms with E-state index in [1.165, 1.54) is 0 Å². The molecule has 1 aliphatic carbocycles. The van der Waals surface area contributed by atoms with Crippen LogP contribution in [0.2, 0.25) is 0 Å². The van der Waals surface area contributed by atoms with Crippen LogP contribution in [0, 0.1) is 0 Å². The summed E-state index contributed by atoms with van der Waals surface area (Å²) in [5.74, 6) is 1.05. The molecule has 108 valence electrons. The van der Waals surface area contributed by atoms with Gasteiger partial charge in [-0.25, -0.2) is 13.1 Å². The molecule has 3 unspecified atom stereocenters. The van der Waals surface area contributed by atoms with E-state index in [1.807, 2.05) is 18.7 Å². The van der Waals surface area contributed by atoms with Crippen molar-refractivity contribution in [3.8, 4) is 0 Å². The van der Waals surface area contributed by atoms with Crippen LogP contribution >= 0.6 is 11.8 Å². The molecule has 6 heteroatoms. The van der Waals surface area contributed by atoms with E-state index >= 15 is 0 Å². The van der Waals surface area contributed by atoms with E-state index in [4.69, 9.17) is 0 Å². The fourth-order valence-corrected chi connectivity index (χ4v) is 4.82. The van der Waals surface area contributed by atoms with Gasteiger partial charge in [0.25, 0.3) is 0 Å². The van der Waals surface area contributed by atoms with E-state index in [-0.39, 0.29) is 11.3 Å². The molecule has 2 N–H and O–H groups in total. The maximum absolute atomic E-state index is 12.2. The number of hydrogen-bond donors (Lipinski definition) is 2. The monoisotopic (exact) mass is 294 g/mol. The molecule has 0 spiro atoms. The average molecular weight is 294 g/mol. The van der Waals surface area contributed by atoms with Gasteiger partial charge in [-0.05, 0) is 32.1 Å². The molecular weight excluding hydrogens is 268 g/mol. The number of sulfonamides is 1. The van der Waals surface area contributed by atoms with Gasteiger partial charge in [0.2, 0.25) is 10.0 Å². The average Bonchev–Trinajstić information content (AvgIpc) is 2.73. The maximum Gasteiger partial charge on any atom is 0.215 e. The molecule has 0 aromatic heterocycles. The molecule has 1 aliphatic rings. The molecule has 0 heterocycles. The Hall–Kier alpha value is 0.220. The van der Waals surface area contributed by atoms with Crippen molar-refractivity contribution in [1.82, 2.24) is 10.0 Å². The molecule has 0 bridgehead atoms. The Morgan fingerprint density at radius 2 is 2.06 bits per heavy atom. The summed E-state index contributed by atoms with van der Waals surface area (Å²) < 4.78 is 27.3. The second kappa shape index (κ2) is 7.72. The predicted molar refractivity (Wildman–Crippen MR) is 79.6 cm³/mol. The Balaban J connectivity index is 2.53. The topological polar surface area (TPSA) is 58.2 Å². The Morgan fingerprint density at radius 1 is 1.33 bits per heavy atom. The van der Waals surface area contributed by atoms with E-state index in [1.54, 1.807) is 6.92 Å². The fraction of sp³-hybridized carbons (Fsp3) is 1.00. The second-order valence-electron chi connectivity index (χ2n) is 4.81. The van der Waals surface area contributed by atoms with Crippen LogP contribution in [0.25, 0.3) is 0 Å². The summed E-state index contributed by atoms with van der Waals surface area (Å²) in [5, 5.41) is 3.18. The SMILES string of the molecule is CCNCC(C)S(=O)(=O)NC1CCCC1SCC. The van der Waals surface area contributed by atoms with Gasteiger partial charge < -0.3 is 5.32 Å². The maximum atomic E-state index is 12.2. The Labute approximate surface area is 116 Å². The second-order valence-corrected chi connectivity index (χ2v) is 8.46. The molecule has 1 fully saturated rings. The van der Waals surface area contributed by atoms with Gasteiger partial charge in [0.15, 0.2) is 0 Å². The van der Waals surface area contributed by atoms with Crippen molar-refractivity contribution in [1.29, 1.82) is 0 Å². The van der Waals surface area contributed by atoms with Crippen molar-refractivity contribution in [3.63, 3.8) is 0 Å². The van der Waals surface area contributed by atoms with Crippen molar-refractivity contribution in [3.05, 3.63) is 0 Å². The van der Waals surface area contributed by atoms with E-state index in [9.17, 15) is 8.42 Å². The van der Waals surface area contributed by atoms with E-state index in [2.05, 4.69) is 17.0 Å².